The normalized spacial score (nSPS) is 12.0. The third kappa shape index (κ3) is 1.99. The van der Waals surface area contributed by atoms with Crippen molar-refractivity contribution in [3.8, 4) is 6.07 Å². The number of hydrogen-bond acceptors (Lipinski definition) is 4. The summed E-state index contributed by atoms with van der Waals surface area (Å²) in [6, 6.07) is 1.85. The van der Waals surface area contributed by atoms with Gasteiger partial charge in [-0.25, -0.2) is 0 Å². The first-order chi connectivity index (χ1) is 5.34. The SMILES string of the molecule is N#CCC(O)c1cnccn1. The average Bonchev–Trinajstić information content (AvgIpc) is 2.07. The van der Waals surface area contributed by atoms with Crippen LogP contribution in [0.5, 0.6) is 0 Å². The first-order valence-corrected chi connectivity index (χ1v) is 3.15. The lowest BCUT2D eigenvalue weighted by Gasteiger charge is -2.02. The summed E-state index contributed by atoms with van der Waals surface area (Å²) in [6.45, 7) is 0. The molecule has 1 unspecified atom stereocenters. The van der Waals surface area contributed by atoms with Crippen LogP contribution in [0.25, 0.3) is 0 Å². The van der Waals surface area contributed by atoms with Crippen molar-refractivity contribution in [2.24, 2.45) is 0 Å². The Bertz CT molecular complexity index is 254. The van der Waals surface area contributed by atoms with Crippen molar-refractivity contribution >= 4 is 0 Å². The van der Waals surface area contributed by atoms with Gasteiger partial charge in [0, 0.05) is 12.4 Å². The molecule has 0 saturated carbocycles. The molecule has 0 aliphatic carbocycles. The van der Waals surface area contributed by atoms with Crippen molar-refractivity contribution < 1.29 is 5.11 Å². The molecule has 0 bridgehead atoms. The summed E-state index contributed by atoms with van der Waals surface area (Å²) in [5.41, 5.74) is 0.439. The molecule has 0 fully saturated rings. The van der Waals surface area contributed by atoms with Crippen LogP contribution in [0.3, 0.4) is 0 Å². The average molecular weight is 149 g/mol. The maximum Gasteiger partial charge on any atom is 0.110 e. The Hall–Kier alpha value is -1.47. The summed E-state index contributed by atoms with van der Waals surface area (Å²) in [6.07, 6.45) is 3.69. The maximum atomic E-state index is 9.20. The summed E-state index contributed by atoms with van der Waals surface area (Å²) in [4.78, 5) is 7.59. The molecule has 1 N–H and O–H groups in total. The fourth-order valence-corrected chi connectivity index (χ4v) is 0.674. The summed E-state index contributed by atoms with van der Waals surface area (Å²) in [7, 11) is 0. The standard InChI is InChI=1S/C7H7N3O/c8-2-1-7(11)6-5-9-3-4-10-6/h3-5,7,11H,1H2. The van der Waals surface area contributed by atoms with E-state index in [-0.39, 0.29) is 6.42 Å². The molecule has 0 radical (unpaired) electrons. The molecule has 1 aromatic heterocycles. The smallest absolute Gasteiger partial charge is 0.110 e. The van der Waals surface area contributed by atoms with Crippen LogP contribution in [-0.2, 0) is 0 Å². The summed E-state index contributed by atoms with van der Waals surface area (Å²) >= 11 is 0. The molecule has 1 rings (SSSR count). The molecular formula is C7H7N3O. The fraction of sp³-hybridized carbons (Fsp3) is 0.286. The highest BCUT2D eigenvalue weighted by molar-refractivity contribution is 5.01. The second-order valence-electron chi connectivity index (χ2n) is 2.01. The van der Waals surface area contributed by atoms with Gasteiger partial charge in [0.1, 0.15) is 6.10 Å². The largest absolute Gasteiger partial charge is 0.386 e. The van der Waals surface area contributed by atoms with Gasteiger partial charge in [0.05, 0.1) is 24.4 Å². The number of nitrogens with zero attached hydrogens (tertiary/aromatic N) is 3. The van der Waals surface area contributed by atoms with Crippen molar-refractivity contribution in [2.45, 2.75) is 12.5 Å². The van der Waals surface area contributed by atoms with Gasteiger partial charge in [-0.15, -0.1) is 0 Å². The highest BCUT2D eigenvalue weighted by atomic mass is 16.3. The van der Waals surface area contributed by atoms with E-state index < -0.39 is 6.10 Å². The Morgan fingerprint density at radius 1 is 1.64 bits per heavy atom. The minimum absolute atomic E-state index is 0.0543. The van der Waals surface area contributed by atoms with Crippen molar-refractivity contribution in [1.29, 1.82) is 5.26 Å². The first kappa shape index (κ1) is 7.63. The minimum Gasteiger partial charge on any atom is -0.386 e. The first-order valence-electron chi connectivity index (χ1n) is 3.15. The van der Waals surface area contributed by atoms with E-state index >= 15 is 0 Å². The van der Waals surface area contributed by atoms with Crippen molar-refractivity contribution in [3.05, 3.63) is 24.3 Å². The molecule has 0 saturated heterocycles. The molecule has 0 amide bonds. The molecule has 0 spiro atoms. The topological polar surface area (TPSA) is 69.8 Å². The number of aliphatic hydroxyl groups is 1. The van der Waals surface area contributed by atoms with Crippen LogP contribution in [0, 0.1) is 11.3 Å². The van der Waals surface area contributed by atoms with Gasteiger partial charge in [-0.1, -0.05) is 0 Å². The van der Waals surface area contributed by atoms with E-state index in [1.807, 2.05) is 6.07 Å². The van der Waals surface area contributed by atoms with Gasteiger partial charge < -0.3 is 5.11 Å². The van der Waals surface area contributed by atoms with Crippen molar-refractivity contribution in [2.75, 3.05) is 0 Å². The number of aliphatic hydroxyl groups excluding tert-OH is 1. The Morgan fingerprint density at radius 2 is 2.45 bits per heavy atom. The molecule has 1 atom stereocenters. The van der Waals surface area contributed by atoms with Crippen LogP contribution < -0.4 is 0 Å². The van der Waals surface area contributed by atoms with Gasteiger partial charge >= 0.3 is 0 Å². The number of hydrogen-bond donors (Lipinski definition) is 1. The van der Waals surface area contributed by atoms with E-state index in [0.29, 0.717) is 5.69 Å². The van der Waals surface area contributed by atoms with Gasteiger partial charge in [-0.3, -0.25) is 9.97 Å². The molecule has 0 aromatic carbocycles. The fourth-order valence-electron chi connectivity index (χ4n) is 0.674. The highest BCUT2D eigenvalue weighted by Crippen LogP contribution is 2.10. The molecular weight excluding hydrogens is 142 g/mol. The van der Waals surface area contributed by atoms with E-state index in [9.17, 15) is 5.11 Å². The van der Waals surface area contributed by atoms with Gasteiger partial charge in [0.15, 0.2) is 0 Å². The molecule has 1 heterocycles. The van der Waals surface area contributed by atoms with Crippen LogP contribution in [0.1, 0.15) is 18.2 Å². The third-order valence-corrected chi connectivity index (χ3v) is 1.21. The predicted molar refractivity (Wildman–Crippen MR) is 37.2 cm³/mol. The van der Waals surface area contributed by atoms with E-state index in [1.165, 1.54) is 18.6 Å². The van der Waals surface area contributed by atoms with E-state index in [4.69, 9.17) is 5.26 Å². The van der Waals surface area contributed by atoms with E-state index in [2.05, 4.69) is 9.97 Å². The molecule has 0 aliphatic heterocycles. The van der Waals surface area contributed by atoms with Crippen molar-refractivity contribution in [3.63, 3.8) is 0 Å². The summed E-state index contributed by atoms with van der Waals surface area (Å²) in [5.74, 6) is 0. The predicted octanol–water partition coefficient (Wildman–Crippen LogP) is 0.424. The van der Waals surface area contributed by atoms with E-state index in [0.717, 1.165) is 0 Å². The molecule has 11 heavy (non-hydrogen) atoms. The molecule has 4 nitrogen and oxygen atoms in total. The highest BCUT2D eigenvalue weighted by Gasteiger charge is 2.06. The van der Waals surface area contributed by atoms with Gasteiger partial charge in [-0.2, -0.15) is 5.26 Å². The van der Waals surface area contributed by atoms with Gasteiger partial charge in [-0.05, 0) is 0 Å². The second-order valence-corrected chi connectivity index (χ2v) is 2.01. The van der Waals surface area contributed by atoms with Gasteiger partial charge in [0.25, 0.3) is 0 Å². The Balaban J connectivity index is 2.70. The zero-order chi connectivity index (χ0) is 8.10. The molecule has 56 valence electrons. The lowest BCUT2D eigenvalue weighted by Crippen LogP contribution is -1.98. The zero-order valence-electron chi connectivity index (χ0n) is 5.81. The van der Waals surface area contributed by atoms with Crippen LogP contribution in [-0.4, -0.2) is 15.1 Å². The number of nitriles is 1. The maximum absolute atomic E-state index is 9.20. The van der Waals surface area contributed by atoms with Crippen LogP contribution in [0.2, 0.25) is 0 Å². The van der Waals surface area contributed by atoms with Gasteiger partial charge in [0.2, 0.25) is 0 Å². The minimum atomic E-state index is -0.811. The molecule has 0 aliphatic rings. The van der Waals surface area contributed by atoms with Crippen LogP contribution in [0.4, 0.5) is 0 Å². The lowest BCUT2D eigenvalue weighted by atomic mass is 10.2. The molecule has 1 aromatic rings. The zero-order valence-corrected chi connectivity index (χ0v) is 5.81. The number of aromatic nitrogens is 2. The summed E-state index contributed by atoms with van der Waals surface area (Å²) in [5, 5.41) is 17.4. The monoisotopic (exact) mass is 149 g/mol. The Morgan fingerprint density at radius 3 is 3.00 bits per heavy atom. The quantitative estimate of drug-likeness (QED) is 0.661. The summed E-state index contributed by atoms with van der Waals surface area (Å²) < 4.78 is 0. The number of rotatable bonds is 2. The lowest BCUT2D eigenvalue weighted by molar-refractivity contribution is 0.178. The second kappa shape index (κ2) is 3.64. The van der Waals surface area contributed by atoms with Crippen molar-refractivity contribution in [1.82, 2.24) is 9.97 Å². The molecule has 4 heteroatoms. The van der Waals surface area contributed by atoms with Crippen LogP contribution in [0.15, 0.2) is 18.6 Å². The third-order valence-electron chi connectivity index (χ3n) is 1.21. The Labute approximate surface area is 64.2 Å². The van der Waals surface area contributed by atoms with Crippen LogP contribution >= 0.6 is 0 Å². The Kier molecular flexibility index (Phi) is 2.53. The van der Waals surface area contributed by atoms with E-state index in [1.54, 1.807) is 0 Å².